The van der Waals surface area contributed by atoms with Crippen molar-refractivity contribution in [3.63, 3.8) is 0 Å². The fourth-order valence-corrected chi connectivity index (χ4v) is 1.34. The predicted octanol–water partition coefficient (Wildman–Crippen LogP) is 2.33. The minimum atomic E-state index is -0.286. The SMILES string of the molecule is CCC(=O)C(C)(C)C(C)(C)N(C)C. The van der Waals surface area contributed by atoms with Gasteiger partial charge in [0.05, 0.1) is 0 Å². The zero-order valence-corrected chi connectivity index (χ0v) is 10.1. The molecule has 0 rings (SSSR count). The van der Waals surface area contributed by atoms with Crippen molar-refractivity contribution in [2.45, 2.75) is 46.6 Å². The molecule has 0 saturated carbocycles. The molecule has 0 aliphatic heterocycles. The van der Waals surface area contributed by atoms with Gasteiger partial charge in [0.1, 0.15) is 5.78 Å². The molecule has 2 heteroatoms. The predicted molar refractivity (Wildman–Crippen MR) is 56.8 cm³/mol. The summed E-state index contributed by atoms with van der Waals surface area (Å²) in [4.78, 5) is 13.9. The summed E-state index contributed by atoms with van der Waals surface area (Å²) in [5, 5.41) is 0. The molecule has 0 aliphatic rings. The summed E-state index contributed by atoms with van der Waals surface area (Å²) < 4.78 is 0. The number of ketones is 1. The van der Waals surface area contributed by atoms with E-state index in [1.165, 1.54) is 0 Å². The van der Waals surface area contributed by atoms with E-state index in [-0.39, 0.29) is 11.0 Å². The Morgan fingerprint density at radius 1 is 1.15 bits per heavy atom. The molecule has 0 bridgehead atoms. The van der Waals surface area contributed by atoms with E-state index in [9.17, 15) is 4.79 Å². The maximum absolute atomic E-state index is 11.8. The Bertz CT molecular complexity index is 192. The number of carbonyl (C=O) groups is 1. The highest BCUT2D eigenvalue weighted by Crippen LogP contribution is 2.35. The number of rotatable bonds is 4. The molecule has 0 aromatic rings. The van der Waals surface area contributed by atoms with E-state index in [2.05, 4.69) is 18.7 Å². The van der Waals surface area contributed by atoms with Crippen LogP contribution in [0.3, 0.4) is 0 Å². The molecule has 0 aromatic heterocycles. The van der Waals surface area contributed by atoms with Crippen molar-refractivity contribution in [3.8, 4) is 0 Å². The van der Waals surface area contributed by atoms with Crippen molar-refractivity contribution in [2.24, 2.45) is 5.41 Å². The number of nitrogens with zero attached hydrogens (tertiary/aromatic N) is 1. The first-order valence-electron chi connectivity index (χ1n) is 4.88. The average Bonchev–Trinajstić information content (AvgIpc) is 2.02. The second-order valence-electron chi connectivity index (χ2n) is 4.86. The normalized spacial score (nSPS) is 13.5. The van der Waals surface area contributed by atoms with Crippen molar-refractivity contribution >= 4 is 5.78 Å². The van der Waals surface area contributed by atoms with E-state index >= 15 is 0 Å². The van der Waals surface area contributed by atoms with Crippen molar-refractivity contribution in [1.29, 1.82) is 0 Å². The van der Waals surface area contributed by atoms with Gasteiger partial charge in [-0.3, -0.25) is 4.79 Å². The van der Waals surface area contributed by atoms with Crippen LogP contribution in [-0.2, 0) is 4.79 Å². The molecule has 0 radical (unpaired) electrons. The molecule has 0 saturated heterocycles. The van der Waals surface area contributed by atoms with Gasteiger partial charge < -0.3 is 4.90 Å². The molecule has 2 nitrogen and oxygen atoms in total. The average molecular weight is 185 g/mol. The van der Waals surface area contributed by atoms with Gasteiger partial charge in [-0.2, -0.15) is 0 Å². The molecule has 13 heavy (non-hydrogen) atoms. The highest BCUT2D eigenvalue weighted by Gasteiger charge is 2.43. The summed E-state index contributed by atoms with van der Waals surface area (Å²) in [6.45, 7) is 10.2. The summed E-state index contributed by atoms with van der Waals surface area (Å²) in [7, 11) is 4.04. The lowest BCUT2D eigenvalue weighted by molar-refractivity contribution is -0.133. The third-order valence-electron chi connectivity index (χ3n) is 3.67. The van der Waals surface area contributed by atoms with Gasteiger partial charge in [0, 0.05) is 17.4 Å². The third-order valence-corrected chi connectivity index (χ3v) is 3.67. The summed E-state index contributed by atoms with van der Waals surface area (Å²) in [6.07, 6.45) is 0.615. The molecule has 0 amide bonds. The van der Waals surface area contributed by atoms with E-state index in [1.54, 1.807) is 0 Å². The maximum atomic E-state index is 11.8. The van der Waals surface area contributed by atoms with Gasteiger partial charge in [-0.1, -0.05) is 20.8 Å². The van der Waals surface area contributed by atoms with Crippen LogP contribution >= 0.6 is 0 Å². The monoisotopic (exact) mass is 185 g/mol. The molecular formula is C11H23NO. The van der Waals surface area contributed by atoms with Crippen molar-refractivity contribution < 1.29 is 4.79 Å². The van der Waals surface area contributed by atoms with Gasteiger partial charge in [0.15, 0.2) is 0 Å². The zero-order valence-electron chi connectivity index (χ0n) is 10.1. The number of hydrogen-bond donors (Lipinski definition) is 0. The van der Waals surface area contributed by atoms with E-state index < -0.39 is 0 Å². The van der Waals surface area contributed by atoms with Crippen LogP contribution in [0.1, 0.15) is 41.0 Å². The van der Waals surface area contributed by atoms with Crippen molar-refractivity contribution in [1.82, 2.24) is 4.90 Å². The van der Waals surface area contributed by atoms with Gasteiger partial charge in [0.2, 0.25) is 0 Å². The molecular weight excluding hydrogens is 162 g/mol. The highest BCUT2D eigenvalue weighted by atomic mass is 16.1. The smallest absolute Gasteiger partial charge is 0.140 e. The summed E-state index contributed by atoms with van der Waals surface area (Å²) in [6, 6.07) is 0. The number of Topliss-reactive ketones (excluding diaryl/α,β-unsaturated/α-hetero) is 1. The first-order chi connectivity index (χ1) is 5.67. The lowest BCUT2D eigenvalue weighted by Gasteiger charge is -2.45. The molecule has 0 aromatic carbocycles. The maximum Gasteiger partial charge on any atom is 0.140 e. The summed E-state index contributed by atoms with van der Waals surface area (Å²) in [5.74, 6) is 0.325. The van der Waals surface area contributed by atoms with Crippen molar-refractivity contribution in [2.75, 3.05) is 14.1 Å². The second-order valence-corrected chi connectivity index (χ2v) is 4.86. The largest absolute Gasteiger partial charge is 0.303 e. The van der Waals surface area contributed by atoms with Crippen LogP contribution in [0.25, 0.3) is 0 Å². The molecule has 0 aliphatic carbocycles. The van der Waals surface area contributed by atoms with Gasteiger partial charge in [0.25, 0.3) is 0 Å². The Morgan fingerprint density at radius 2 is 1.54 bits per heavy atom. The van der Waals surface area contributed by atoms with Gasteiger partial charge in [-0.25, -0.2) is 0 Å². The molecule has 0 heterocycles. The molecule has 0 unspecified atom stereocenters. The van der Waals surface area contributed by atoms with Gasteiger partial charge >= 0.3 is 0 Å². The lowest BCUT2D eigenvalue weighted by Crippen LogP contribution is -2.54. The number of carbonyl (C=O) groups excluding carboxylic acids is 1. The van der Waals surface area contributed by atoms with Crippen LogP contribution in [0, 0.1) is 5.41 Å². The quantitative estimate of drug-likeness (QED) is 0.670. The molecule has 0 fully saturated rings. The van der Waals surface area contributed by atoms with Gasteiger partial charge in [-0.15, -0.1) is 0 Å². The van der Waals surface area contributed by atoms with Crippen LogP contribution in [0.5, 0.6) is 0 Å². The fourth-order valence-electron chi connectivity index (χ4n) is 1.34. The molecule has 0 N–H and O–H groups in total. The second kappa shape index (κ2) is 3.79. The van der Waals surface area contributed by atoms with Gasteiger partial charge in [-0.05, 0) is 27.9 Å². The lowest BCUT2D eigenvalue weighted by atomic mass is 9.70. The zero-order chi connectivity index (χ0) is 10.9. The van der Waals surface area contributed by atoms with Crippen LogP contribution < -0.4 is 0 Å². The topological polar surface area (TPSA) is 20.3 Å². The van der Waals surface area contributed by atoms with E-state index in [0.29, 0.717) is 12.2 Å². The van der Waals surface area contributed by atoms with E-state index in [1.807, 2.05) is 34.9 Å². The van der Waals surface area contributed by atoms with E-state index in [0.717, 1.165) is 0 Å². The first-order valence-corrected chi connectivity index (χ1v) is 4.88. The fraction of sp³-hybridized carbons (Fsp3) is 0.909. The van der Waals surface area contributed by atoms with E-state index in [4.69, 9.17) is 0 Å². The Kier molecular flexibility index (Phi) is 3.68. The number of hydrogen-bond acceptors (Lipinski definition) is 2. The Morgan fingerprint density at radius 3 is 1.77 bits per heavy atom. The molecule has 78 valence electrons. The van der Waals surface area contributed by atoms with Crippen molar-refractivity contribution in [3.05, 3.63) is 0 Å². The van der Waals surface area contributed by atoms with Crippen LogP contribution in [0.4, 0.5) is 0 Å². The van der Waals surface area contributed by atoms with Crippen LogP contribution in [-0.4, -0.2) is 30.3 Å². The molecule has 0 spiro atoms. The van der Waals surface area contributed by atoms with Crippen LogP contribution in [0.15, 0.2) is 0 Å². The standard InChI is InChI=1S/C11H23NO/c1-8-9(13)10(2,3)11(4,5)12(6)7/h8H2,1-7H3. The molecule has 0 atom stereocenters. The Labute approximate surface area is 82.3 Å². The third kappa shape index (κ3) is 2.11. The Hall–Kier alpha value is -0.370. The summed E-state index contributed by atoms with van der Waals surface area (Å²) >= 11 is 0. The van der Waals surface area contributed by atoms with Crippen LogP contribution in [0.2, 0.25) is 0 Å². The minimum Gasteiger partial charge on any atom is -0.303 e. The Balaban J connectivity index is 4.91. The first kappa shape index (κ1) is 12.6. The summed E-state index contributed by atoms with van der Waals surface area (Å²) in [5.41, 5.74) is -0.384. The minimum absolute atomic E-state index is 0.0971. The highest BCUT2D eigenvalue weighted by molar-refractivity contribution is 5.85.